The molecule has 5 fully saturated rings. The number of nitrogens with zero attached hydrogens (tertiary/aromatic N) is 6. The Hall–Kier alpha value is -3.20. The van der Waals surface area contributed by atoms with Crippen molar-refractivity contribution in [1.29, 1.82) is 0 Å². The van der Waals surface area contributed by atoms with Crippen LogP contribution in [0.3, 0.4) is 0 Å². The Morgan fingerprint density at radius 2 is 1.94 bits per heavy atom. The lowest BCUT2D eigenvalue weighted by molar-refractivity contribution is -0.0870. The molecule has 9 nitrogen and oxygen atoms in total. The summed E-state index contributed by atoms with van der Waals surface area (Å²) in [6.07, 6.45) is 7.06. The maximum Gasteiger partial charge on any atom is 0.270 e. The minimum Gasteiger partial charge on any atom is -0.355 e. The zero-order chi connectivity index (χ0) is 22.4. The zero-order valence-electron chi connectivity index (χ0n) is 19.0. The smallest absolute Gasteiger partial charge is 0.270 e. The van der Waals surface area contributed by atoms with Gasteiger partial charge >= 0.3 is 0 Å². The SMILES string of the molecule is CN(C)C(=O)c1cc2cnc(Nc3ccc(N4CC5(CNC5)C4)nc3)nc2n1C12CC(C1)C2. The van der Waals surface area contributed by atoms with Gasteiger partial charge in [0.05, 0.1) is 11.9 Å². The number of pyridine rings is 1. The Kier molecular flexibility index (Phi) is 3.76. The second-order valence-electron chi connectivity index (χ2n) is 10.7. The molecule has 5 aliphatic rings. The molecule has 3 aromatic heterocycles. The van der Waals surface area contributed by atoms with Crippen molar-refractivity contribution < 1.29 is 4.79 Å². The van der Waals surface area contributed by atoms with Gasteiger partial charge in [-0.15, -0.1) is 0 Å². The first-order chi connectivity index (χ1) is 15.9. The molecule has 1 spiro atoms. The van der Waals surface area contributed by atoms with E-state index in [1.54, 1.807) is 19.0 Å². The molecular formula is C24H28N8O. The average Bonchev–Trinajstić information content (AvgIpc) is 3.03. The lowest BCUT2D eigenvalue weighted by atomic mass is 9.49. The van der Waals surface area contributed by atoms with Crippen LogP contribution in [0.25, 0.3) is 11.0 Å². The predicted octanol–water partition coefficient (Wildman–Crippen LogP) is 2.19. The lowest BCUT2D eigenvalue weighted by Crippen LogP contribution is -2.71. The average molecular weight is 445 g/mol. The second kappa shape index (κ2) is 6.44. The van der Waals surface area contributed by atoms with Crippen molar-refractivity contribution in [3.05, 3.63) is 36.3 Å². The van der Waals surface area contributed by atoms with Gasteiger partial charge in [-0.05, 0) is 43.4 Å². The highest BCUT2D eigenvalue weighted by Crippen LogP contribution is 2.63. The molecule has 33 heavy (non-hydrogen) atoms. The van der Waals surface area contributed by atoms with Crippen LogP contribution in [0.4, 0.5) is 17.5 Å². The van der Waals surface area contributed by atoms with Crippen LogP contribution >= 0.6 is 0 Å². The largest absolute Gasteiger partial charge is 0.355 e. The number of nitrogens with one attached hydrogen (secondary N) is 2. The van der Waals surface area contributed by atoms with Gasteiger partial charge in [0.2, 0.25) is 5.95 Å². The van der Waals surface area contributed by atoms with E-state index in [0.717, 1.165) is 73.9 Å². The van der Waals surface area contributed by atoms with E-state index < -0.39 is 0 Å². The Bertz CT molecular complexity index is 1250. The Morgan fingerprint density at radius 3 is 2.52 bits per heavy atom. The van der Waals surface area contributed by atoms with Crippen molar-refractivity contribution in [2.75, 3.05) is 50.5 Å². The third-order valence-electron chi connectivity index (χ3n) is 8.03. The molecule has 1 amide bonds. The van der Waals surface area contributed by atoms with Gasteiger partial charge in [-0.3, -0.25) is 4.79 Å². The fourth-order valence-electron chi connectivity index (χ4n) is 6.03. The van der Waals surface area contributed by atoms with Crippen LogP contribution in [-0.2, 0) is 5.54 Å². The first kappa shape index (κ1) is 19.3. The van der Waals surface area contributed by atoms with Gasteiger partial charge in [-0.2, -0.15) is 4.98 Å². The summed E-state index contributed by atoms with van der Waals surface area (Å²) in [5, 5.41) is 7.57. The minimum atomic E-state index is 0.0116. The molecule has 0 atom stereocenters. The van der Waals surface area contributed by atoms with Crippen LogP contribution < -0.4 is 15.5 Å². The predicted molar refractivity (Wildman–Crippen MR) is 126 cm³/mol. The monoisotopic (exact) mass is 444 g/mol. The molecule has 8 rings (SSSR count). The van der Waals surface area contributed by atoms with Crippen molar-refractivity contribution >= 4 is 34.4 Å². The first-order valence-corrected chi connectivity index (χ1v) is 11.7. The topological polar surface area (TPSA) is 91.2 Å². The molecule has 2 bridgehead atoms. The molecule has 170 valence electrons. The number of fused-ring (bicyclic) bond motifs is 1. The number of carbonyl (C=O) groups excluding carboxylic acids is 1. The molecule has 9 heteroatoms. The molecule has 5 heterocycles. The van der Waals surface area contributed by atoms with Gasteiger partial charge in [-0.25, -0.2) is 9.97 Å². The van der Waals surface area contributed by atoms with Gasteiger partial charge in [0.1, 0.15) is 17.2 Å². The van der Waals surface area contributed by atoms with E-state index in [2.05, 4.69) is 36.1 Å². The molecular weight excluding hydrogens is 416 g/mol. The second-order valence-corrected chi connectivity index (χ2v) is 10.7. The highest BCUT2D eigenvalue weighted by atomic mass is 16.2. The standard InChI is InChI=1S/C24H28N8O/c1-30(2)21(33)18-5-16-9-27-22(29-20(16)32(18)24-6-15(7-24)8-24)28-17-3-4-19(26-10-17)31-13-23(14-31)11-25-12-23/h3-5,9-10,15,25H,6-8,11-14H2,1-2H3,(H,27,28,29). The number of carbonyl (C=O) groups is 1. The molecule has 2 saturated heterocycles. The van der Waals surface area contributed by atoms with E-state index in [1.165, 1.54) is 0 Å². The molecule has 0 aromatic carbocycles. The highest BCUT2D eigenvalue weighted by molar-refractivity contribution is 5.98. The van der Waals surface area contributed by atoms with Crippen molar-refractivity contribution in [1.82, 2.24) is 29.7 Å². The molecule has 2 N–H and O–H groups in total. The number of anilines is 3. The van der Waals surface area contributed by atoms with E-state index >= 15 is 0 Å². The van der Waals surface area contributed by atoms with Crippen LogP contribution in [-0.4, -0.2) is 70.6 Å². The van der Waals surface area contributed by atoms with E-state index in [0.29, 0.717) is 17.1 Å². The zero-order valence-corrected chi connectivity index (χ0v) is 19.0. The Balaban J connectivity index is 1.16. The molecule has 3 aromatic rings. The Morgan fingerprint density at radius 1 is 1.15 bits per heavy atom. The van der Waals surface area contributed by atoms with Gasteiger partial charge < -0.3 is 25.0 Å². The highest BCUT2D eigenvalue weighted by Gasteiger charge is 2.59. The van der Waals surface area contributed by atoms with E-state index in [9.17, 15) is 4.79 Å². The fourth-order valence-corrected chi connectivity index (χ4v) is 6.03. The number of hydrogen-bond donors (Lipinski definition) is 2. The summed E-state index contributed by atoms with van der Waals surface area (Å²) in [6, 6.07) is 6.02. The van der Waals surface area contributed by atoms with Crippen molar-refractivity contribution in [3.8, 4) is 0 Å². The molecule has 2 aliphatic heterocycles. The van der Waals surface area contributed by atoms with E-state index in [1.807, 2.05) is 24.5 Å². The van der Waals surface area contributed by atoms with Crippen LogP contribution in [0.15, 0.2) is 30.6 Å². The quantitative estimate of drug-likeness (QED) is 0.623. The lowest BCUT2D eigenvalue weighted by Gasteiger charge is -2.62. The van der Waals surface area contributed by atoms with Crippen LogP contribution in [0.1, 0.15) is 29.8 Å². The van der Waals surface area contributed by atoms with Crippen molar-refractivity contribution in [2.45, 2.75) is 24.8 Å². The number of amides is 1. The summed E-state index contributed by atoms with van der Waals surface area (Å²) in [5.74, 6) is 2.35. The summed E-state index contributed by atoms with van der Waals surface area (Å²) in [7, 11) is 3.59. The van der Waals surface area contributed by atoms with Crippen LogP contribution in [0, 0.1) is 11.3 Å². The fraction of sp³-hybridized carbons (Fsp3) is 0.500. The summed E-state index contributed by atoms with van der Waals surface area (Å²) in [6.45, 7) is 4.39. The van der Waals surface area contributed by atoms with E-state index in [-0.39, 0.29) is 11.4 Å². The normalized spacial score (nSPS) is 26.2. The molecule has 3 saturated carbocycles. The minimum absolute atomic E-state index is 0.0116. The maximum absolute atomic E-state index is 12.9. The van der Waals surface area contributed by atoms with Gasteiger partial charge in [0, 0.05) is 62.8 Å². The van der Waals surface area contributed by atoms with E-state index in [4.69, 9.17) is 4.98 Å². The summed E-state index contributed by atoms with van der Waals surface area (Å²) in [5.41, 5.74) is 2.92. The third kappa shape index (κ3) is 2.75. The van der Waals surface area contributed by atoms with Crippen molar-refractivity contribution in [3.63, 3.8) is 0 Å². The first-order valence-electron chi connectivity index (χ1n) is 11.7. The number of aromatic nitrogens is 4. The van der Waals surface area contributed by atoms with Gasteiger partial charge in [0.15, 0.2) is 0 Å². The molecule has 0 radical (unpaired) electrons. The number of hydrogen-bond acceptors (Lipinski definition) is 7. The summed E-state index contributed by atoms with van der Waals surface area (Å²) < 4.78 is 2.19. The number of rotatable bonds is 5. The van der Waals surface area contributed by atoms with Gasteiger partial charge in [-0.1, -0.05) is 0 Å². The molecule has 0 unspecified atom stereocenters. The summed E-state index contributed by atoms with van der Waals surface area (Å²) >= 11 is 0. The van der Waals surface area contributed by atoms with Gasteiger partial charge in [0.25, 0.3) is 5.91 Å². The van der Waals surface area contributed by atoms with Crippen LogP contribution in [0.2, 0.25) is 0 Å². The Labute approximate surface area is 192 Å². The third-order valence-corrected chi connectivity index (χ3v) is 8.03. The molecule has 3 aliphatic carbocycles. The summed E-state index contributed by atoms with van der Waals surface area (Å²) in [4.78, 5) is 30.9. The maximum atomic E-state index is 12.9. The van der Waals surface area contributed by atoms with Crippen molar-refractivity contribution in [2.24, 2.45) is 11.3 Å². The van der Waals surface area contributed by atoms with Crippen LogP contribution in [0.5, 0.6) is 0 Å².